The quantitative estimate of drug-likeness (QED) is 0.781. The van der Waals surface area contributed by atoms with Crippen molar-refractivity contribution in [2.24, 2.45) is 0 Å². The lowest BCUT2D eigenvalue weighted by Gasteiger charge is -2.09. The van der Waals surface area contributed by atoms with Crippen LogP contribution in [0.3, 0.4) is 0 Å². The molecule has 0 unspecified atom stereocenters. The maximum absolute atomic E-state index is 5.64. The van der Waals surface area contributed by atoms with Crippen LogP contribution in [0.25, 0.3) is 0 Å². The number of hydrogen-bond acceptors (Lipinski definition) is 3. The first-order valence-corrected chi connectivity index (χ1v) is 5.24. The predicted octanol–water partition coefficient (Wildman–Crippen LogP) is 2.80. The van der Waals surface area contributed by atoms with Crippen LogP contribution in [0.2, 0.25) is 5.35 Å². The molecule has 0 saturated heterocycles. The van der Waals surface area contributed by atoms with Gasteiger partial charge in [-0.3, -0.25) is 0 Å². The lowest BCUT2D eigenvalue weighted by atomic mass is 9.95. The normalized spacial score (nSPS) is 17.7. The Morgan fingerprint density at radius 3 is 2.47 bits per heavy atom. The molecule has 4 heteroatoms. The zero-order chi connectivity index (χ0) is 10.3. The standard InChI is InChI=1S/C11H9ClN2O/c12-10-13-9(14-15-10)11(6-7-11)8-4-2-1-3-5-8/h1-5H,6-7H2. The molecule has 1 aliphatic rings. The fraction of sp³-hybridized carbons (Fsp3) is 0.273. The summed E-state index contributed by atoms with van der Waals surface area (Å²) in [7, 11) is 0. The number of hydrogen-bond donors (Lipinski definition) is 0. The molecule has 1 saturated carbocycles. The van der Waals surface area contributed by atoms with Crippen LogP contribution < -0.4 is 0 Å². The molecule has 0 atom stereocenters. The van der Waals surface area contributed by atoms with Crippen LogP contribution in [-0.4, -0.2) is 10.1 Å². The number of rotatable bonds is 2. The lowest BCUT2D eigenvalue weighted by molar-refractivity contribution is 0.407. The molecule has 0 aliphatic heterocycles. The SMILES string of the molecule is Clc1nc(C2(c3ccccc3)CC2)no1. The molecule has 1 aromatic heterocycles. The molecule has 15 heavy (non-hydrogen) atoms. The van der Waals surface area contributed by atoms with Crippen LogP contribution in [0.5, 0.6) is 0 Å². The van der Waals surface area contributed by atoms with Crippen molar-refractivity contribution >= 4 is 11.6 Å². The molecule has 1 fully saturated rings. The first kappa shape index (κ1) is 8.92. The van der Waals surface area contributed by atoms with E-state index in [0.29, 0.717) is 5.82 Å². The molecule has 1 aliphatic carbocycles. The Morgan fingerprint density at radius 2 is 1.93 bits per heavy atom. The van der Waals surface area contributed by atoms with E-state index < -0.39 is 0 Å². The van der Waals surface area contributed by atoms with Crippen LogP contribution in [0.1, 0.15) is 24.2 Å². The van der Waals surface area contributed by atoms with E-state index in [-0.39, 0.29) is 10.8 Å². The van der Waals surface area contributed by atoms with Gasteiger partial charge in [0.25, 0.3) is 0 Å². The van der Waals surface area contributed by atoms with Crippen molar-refractivity contribution in [3.05, 3.63) is 47.1 Å². The summed E-state index contributed by atoms with van der Waals surface area (Å²) < 4.78 is 4.82. The Labute approximate surface area is 92.1 Å². The minimum Gasteiger partial charge on any atom is -0.321 e. The summed E-state index contributed by atoms with van der Waals surface area (Å²) in [6.07, 6.45) is 2.12. The van der Waals surface area contributed by atoms with Crippen LogP contribution >= 0.6 is 11.6 Å². The van der Waals surface area contributed by atoms with Crippen molar-refractivity contribution in [1.82, 2.24) is 10.1 Å². The second kappa shape index (κ2) is 3.07. The summed E-state index contributed by atoms with van der Waals surface area (Å²) in [5, 5.41) is 4.03. The Hall–Kier alpha value is -1.35. The zero-order valence-electron chi connectivity index (χ0n) is 7.98. The van der Waals surface area contributed by atoms with Crippen molar-refractivity contribution in [3.8, 4) is 0 Å². The molecule has 0 N–H and O–H groups in total. The van der Waals surface area contributed by atoms with Gasteiger partial charge >= 0.3 is 5.35 Å². The zero-order valence-corrected chi connectivity index (χ0v) is 8.74. The summed E-state index contributed by atoms with van der Waals surface area (Å²) >= 11 is 5.64. The lowest BCUT2D eigenvalue weighted by Crippen LogP contribution is -2.10. The van der Waals surface area contributed by atoms with Crippen molar-refractivity contribution < 1.29 is 4.52 Å². The highest BCUT2D eigenvalue weighted by atomic mass is 35.5. The van der Waals surface area contributed by atoms with Gasteiger partial charge in [-0.15, -0.1) is 0 Å². The molecule has 0 amide bonds. The minimum absolute atomic E-state index is 0.0438. The number of nitrogens with zero attached hydrogens (tertiary/aromatic N) is 2. The predicted molar refractivity (Wildman–Crippen MR) is 55.8 cm³/mol. The molecule has 0 spiro atoms. The summed E-state index contributed by atoms with van der Waals surface area (Å²) in [6, 6.07) is 10.2. The van der Waals surface area contributed by atoms with Gasteiger partial charge in [-0.1, -0.05) is 35.5 Å². The van der Waals surface area contributed by atoms with Crippen LogP contribution in [0, 0.1) is 0 Å². The van der Waals surface area contributed by atoms with Crippen LogP contribution in [0.4, 0.5) is 0 Å². The van der Waals surface area contributed by atoms with Gasteiger partial charge in [-0.05, 0) is 30.0 Å². The molecule has 2 aromatic rings. The maximum Gasteiger partial charge on any atom is 0.320 e. The Morgan fingerprint density at radius 1 is 1.20 bits per heavy atom. The second-order valence-corrected chi connectivity index (χ2v) is 4.14. The van der Waals surface area contributed by atoms with Gasteiger partial charge in [0.05, 0.1) is 5.41 Å². The third-order valence-corrected chi connectivity index (χ3v) is 3.06. The highest BCUT2D eigenvalue weighted by Crippen LogP contribution is 2.52. The highest BCUT2D eigenvalue weighted by molar-refractivity contribution is 6.27. The minimum atomic E-state index is -0.0438. The molecule has 1 aromatic carbocycles. The third-order valence-electron chi connectivity index (χ3n) is 2.91. The van der Waals surface area contributed by atoms with Gasteiger partial charge in [-0.25, -0.2) is 0 Å². The van der Waals surface area contributed by atoms with Crippen molar-refractivity contribution in [2.45, 2.75) is 18.3 Å². The smallest absolute Gasteiger partial charge is 0.320 e. The first-order chi connectivity index (χ1) is 7.31. The van der Waals surface area contributed by atoms with E-state index in [2.05, 4.69) is 22.3 Å². The van der Waals surface area contributed by atoms with E-state index in [4.69, 9.17) is 16.1 Å². The van der Waals surface area contributed by atoms with E-state index in [9.17, 15) is 0 Å². The number of benzene rings is 1. The Kier molecular flexibility index (Phi) is 1.83. The van der Waals surface area contributed by atoms with E-state index >= 15 is 0 Å². The second-order valence-electron chi connectivity index (χ2n) is 3.82. The van der Waals surface area contributed by atoms with Gasteiger partial charge in [0, 0.05) is 0 Å². The van der Waals surface area contributed by atoms with Gasteiger partial charge in [0.1, 0.15) is 0 Å². The fourth-order valence-corrected chi connectivity index (χ4v) is 2.04. The molecule has 0 radical (unpaired) electrons. The molecular weight excluding hydrogens is 212 g/mol. The van der Waals surface area contributed by atoms with Crippen molar-refractivity contribution in [1.29, 1.82) is 0 Å². The Balaban J connectivity index is 2.05. The summed E-state index contributed by atoms with van der Waals surface area (Å²) in [6.45, 7) is 0. The average molecular weight is 221 g/mol. The molecule has 1 heterocycles. The summed E-state index contributed by atoms with van der Waals surface area (Å²) in [4.78, 5) is 4.11. The summed E-state index contributed by atoms with van der Waals surface area (Å²) in [5.41, 5.74) is 1.19. The number of halogens is 1. The maximum atomic E-state index is 5.64. The summed E-state index contributed by atoms with van der Waals surface area (Å²) in [5.74, 6) is 0.707. The van der Waals surface area contributed by atoms with E-state index in [1.54, 1.807) is 0 Å². The molecular formula is C11H9ClN2O. The van der Waals surface area contributed by atoms with Crippen LogP contribution in [-0.2, 0) is 5.41 Å². The monoisotopic (exact) mass is 220 g/mol. The van der Waals surface area contributed by atoms with E-state index in [1.165, 1.54) is 5.56 Å². The topological polar surface area (TPSA) is 38.9 Å². The first-order valence-electron chi connectivity index (χ1n) is 4.86. The van der Waals surface area contributed by atoms with E-state index in [0.717, 1.165) is 12.8 Å². The molecule has 76 valence electrons. The van der Waals surface area contributed by atoms with Gasteiger partial charge in [0.2, 0.25) is 0 Å². The molecule has 3 nitrogen and oxygen atoms in total. The molecule has 0 bridgehead atoms. The third kappa shape index (κ3) is 1.35. The fourth-order valence-electron chi connectivity index (χ4n) is 1.92. The van der Waals surface area contributed by atoms with E-state index in [1.807, 2.05) is 18.2 Å². The largest absolute Gasteiger partial charge is 0.321 e. The van der Waals surface area contributed by atoms with Crippen molar-refractivity contribution in [2.75, 3.05) is 0 Å². The molecule has 3 rings (SSSR count). The van der Waals surface area contributed by atoms with Gasteiger partial charge in [0.15, 0.2) is 5.82 Å². The average Bonchev–Trinajstić information content (AvgIpc) is 2.98. The highest BCUT2D eigenvalue weighted by Gasteiger charge is 2.49. The number of aromatic nitrogens is 2. The van der Waals surface area contributed by atoms with Gasteiger partial charge < -0.3 is 4.52 Å². The van der Waals surface area contributed by atoms with Crippen molar-refractivity contribution in [3.63, 3.8) is 0 Å². The van der Waals surface area contributed by atoms with Crippen LogP contribution in [0.15, 0.2) is 34.9 Å². The van der Waals surface area contributed by atoms with Gasteiger partial charge in [-0.2, -0.15) is 4.98 Å². The Bertz CT molecular complexity index is 476.